The maximum atomic E-state index is 11.7. The Morgan fingerprint density at radius 2 is 1.88 bits per heavy atom. The predicted molar refractivity (Wildman–Crippen MR) is 71.3 cm³/mol. The summed E-state index contributed by atoms with van der Waals surface area (Å²) < 4.78 is 1.02. The second kappa shape index (κ2) is 4.98. The first-order valence-electron chi connectivity index (χ1n) is 4.99. The molecular formula is C13H10BrClO. The van der Waals surface area contributed by atoms with Crippen molar-refractivity contribution in [3.63, 3.8) is 0 Å². The molecule has 0 amide bonds. The van der Waals surface area contributed by atoms with E-state index >= 15 is 0 Å². The molecule has 0 unspecified atom stereocenters. The molecule has 1 nitrogen and oxygen atoms in total. The molecule has 2 rings (SSSR count). The van der Waals surface area contributed by atoms with E-state index in [2.05, 4.69) is 15.9 Å². The van der Waals surface area contributed by atoms with E-state index in [9.17, 15) is 4.79 Å². The Kier molecular flexibility index (Phi) is 3.62. The standard InChI is InChI=1S/C13H10BrClO/c14-12-4-3-9-1-2-10(7-11(9)8-12)13(16)5-6-15/h1-4,7-8H,5-6H2. The summed E-state index contributed by atoms with van der Waals surface area (Å²) in [4.78, 5) is 11.7. The van der Waals surface area contributed by atoms with Crippen LogP contribution in [0.5, 0.6) is 0 Å². The van der Waals surface area contributed by atoms with E-state index < -0.39 is 0 Å². The molecule has 0 spiro atoms. The number of ketones is 1. The Hall–Kier alpha value is -0.860. The van der Waals surface area contributed by atoms with Gasteiger partial charge in [-0.2, -0.15) is 0 Å². The van der Waals surface area contributed by atoms with Gasteiger partial charge in [0.15, 0.2) is 5.78 Å². The van der Waals surface area contributed by atoms with Gasteiger partial charge in [0.25, 0.3) is 0 Å². The normalized spacial score (nSPS) is 10.6. The smallest absolute Gasteiger partial charge is 0.164 e. The van der Waals surface area contributed by atoms with Crippen LogP contribution in [0.3, 0.4) is 0 Å². The van der Waals surface area contributed by atoms with Gasteiger partial charge >= 0.3 is 0 Å². The van der Waals surface area contributed by atoms with Gasteiger partial charge in [-0.15, -0.1) is 11.6 Å². The van der Waals surface area contributed by atoms with Crippen molar-refractivity contribution in [3.8, 4) is 0 Å². The zero-order valence-corrected chi connectivity index (χ0v) is 10.9. The van der Waals surface area contributed by atoms with Crippen LogP contribution in [-0.2, 0) is 0 Å². The average molecular weight is 298 g/mol. The van der Waals surface area contributed by atoms with Crippen LogP contribution in [0.15, 0.2) is 40.9 Å². The number of alkyl halides is 1. The van der Waals surface area contributed by atoms with Gasteiger partial charge in [-0.05, 0) is 29.0 Å². The zero-order chi connectivity index (χ0) is 11.5. The Balaban J connectivity index is 2.46. The Morgan fingerprint density at radius 1 is 1.12 bits per heavy atom. The van der Waals surface area contributed by atoms with Gasteiger partial charge in [0.05, 0.1) is 0 Å². The van der Waals surface area contributed by atoms with Gasteiger partial charge in [0, 0.05) is 22.3 Å². The lowest BCUT2D eigenvalue weighted by molar-refractivity contribution is 0.0989. The van der Waals surface area contributed by atoms with Crippen molar-refractivity contribution in [2.45, 2.75) is 6.42 Å². The summed E-state index contributed by atoms with van der Waals surface area (Å²) in [5, 5.41) is 2.19. The molecule has 0 aromatic heterocycles. The molecular weight excluding hydrogens is 287 g/mol. The second-order valence-electron chi connectivity index (χ2n) is 3.57. The number of hydrogen-bond acceptors (Lipinski definition) is 1. The highest BCUT2D eigenvalue weighted by atomic mass is 79.9. The molecule has 3 heteroatoms. The van der Waals surface area contributed by atoms with Crippen molar-refractivity contribution in [2.24, 2.45) is 0 Å². The van der Waals surface area contributed by atoms with Crippen LogP contribution in [0.1, 0.15) is 16.8 Å². The molecule has 0 saturated heterocycles. The van der Waals surface area contributed by atoms with Gasteiger partial charge in [0.2, 0.25) is 0 Å². The highest BCUT2D eigenvalue weighted by Crippen LogP contribution is 2.21. The SMILES string of the molecule is O=C(CCCl)c1ccc2ccc(Br)cc2c1. The van der Waals surface area contributed by atoms with Gasteiger partial charge in [0.1, 0.15) is 0 Å². The van der Waals surface area contributed by atoms with E-state index in [4.69, 9.17) is 11.6 Å². The third-order valence-electron chi connectivity index (χ3n) is 2.45. The molecule has 0 fully saturated rings. The molecule has 0 aliphatic rings. The molecule has 0 aliphatic heterocycles. The lowest BCUT2D eigenvalue weighted by atomic mass is 10.0. The fraction of sp³-hybridized carbons (Fsp3) is 0.154. The lowest BCUT2D eigenvalue weighted by Crippen LogP contribution is -1.99. The minimum absolute atomic E-state index is 0.0943. The Labute approximate surface area is 108 Å². The van der Waals surface area contributed by atoms with Crippen molar-refractivity contribution >= 4 is 44.1 Å². The molecule has 0 aliphatic carbocycles. The van der Waals surface area contributed by atoms with E-state index in [1.54, 1.807) is 0 Å². The first kappa shape index (κ1) is 11.6. The Morgan fingerprint density at radius 3 is 2.62 bits per heavy atom. The number of benzene rings is 2. The van der Waals surface area contributed by atoms with Crippen LogP contribution in [0.25, 0.3) is 10.8 Å². The van der Waals surface area contributed by atoms with Crippen molar-refractivity contribution < 1.29 is 4.79 Å². The summed E-state index contributed by atoms with van der Waals surface area (Å²) in [6.45, 7) is 0. The Bertz CT molecular complexity index is 536. The number of carbonyl (C=O) groups excluding carboxylic acids is 1. The molecule has 82 valence electrons. The molecule has 0 bridgehead atoms. The summed E-state index contributed by atoms with van der Waals surface area (Å²) in [6, 6.07) is 11.7. The molecule has 0 atom stereocenters. The summed E-state index contributed by atoms with van der Waals surface area (Å²) >= 11 is 8.98. The van der Waals surface area contributed by atoms with Crippen molar-refractivity contribution in [1.29, 1.82) is 0 Å². The highest BCUT2D eigenvalue weighted by molar-refractivity contribution is 9.10. The summed E-state index contributed by atoms with van der Waals surface area (Å²) in [5.41, 5.74) is 0.728. The third kappa shape index (κ3) is 2.45. The van der Waals surface area contributed by atoms with E-state index in [0.29, 0.717) is 12.3 Å². The van der Waals surface area contributed by atoms with Crippen LogP contribution in [0.2, 0.25) is 0 Å². The molecule has 2 aromatic carbocycles. The first-order valence-corrected chi connectivity index (χ1v) is 6.32. The third-order valence-corrected chi connectivity index (χ3v) is 3.13. The topological polar surface area (TPSA) is 17.1 Å². The summed E-state index contributed by atoms with van der Waals surface area (Å²) in [7, 11) is 0. The largest absolute Gasteiger partial charge is 0.294 e. The molecule has 0 N–H and O–H groups in total. The molecule has 0 heterocycles. The minimum Gasteiger partial charge on any atom is -0.294 e. The van der Waals surface area contributed by atoms with Gasteiger partial charge < -0.3 is 0 Å². The van der Waals surface area contributed by atoms with Gasteiger partial charge in [-0.1, -0.05) is 34.1 Å². The van der Waals surface area contributed by atoms with Crippen molar-refractivity contribution in [2.75, 3.05) is 5.88 Å². The summed E-state index contributed by atoms with van der Waals surface area (Å²) in [5.74, 6) is 0.465. The van der Waals surface area contributed by atoms with Crippen molar-refractivity contribution in [1.82, 2.24) is 0 Å². The fourth-order valence-electron chi connectivity index (χ4n) is 1.62. The summed E-state index contributed by atoms with van der Waals surface area (Å²) in [6.07, 6.45) is 0.390. The van der Waals surface area contributed by atoms with Crippen LogP contribution < -0.4 is 0 Å². The van der Waals surface area contributed by atoms with Crippen LogP contribution in [0, 0.1) is 0 Å². The maximum Gasteiger partial charge on any atom is 0.164 e. The van der Waals surface area contributed by atoms with Gasteiger partial charge in [-0.25, -0.2) is 0 Å². The maximum absolute atomic E-state index is 11.7. The van der Waals surface area contributed by atoms with E-state index in [-0.39, 0.29) is 5.78 Å². The fourth-order valence-corrected chi connectivity index (χ4v) is 2.17. The molecule has 0 saturated carbocycles. The van der Waals surface area contributed by atoms with Crippen LogP contribution in [-0.4, -0.2) is 11.7 Å². The average Bonchev–Trinajstić information content (AvgIpc) is 2.28. The zero-order valence-electron chi connectivity index (χ0n) is 8.54. The van der Waals surface area contributed by atoms with Crippen LogP contribution in [0.4, 0.5) is 0 Å². The predicted octanol–water partition coefficient (Wildman–Crippen LogP) is 4.41. The van der Waals surface area contributed by atoms with Crippen molar-refractivity contribution in [3.05, 3.63) is 46.4 Å². The second-order valence-corrected chi connectivity index (χ2v) is 4.86. The number of fused-ring (bicyclic) bond motifs is 1. The molecule has 0 radical (unpaired) electrons. The number of rotatable bonds is 3. The number of hydrogen-bond donors (Lipinski definition) is 0. The number of carbonyl (C=O) groups is 1. The van der Waals surface area contributed by atoms with Gasteiger partial charge in [-0.3, -0.25) is 4.79 Å². The number of halogens is 2. The lowest BCUT2D eigenvalue weighted by Gasteiger charge is -2.02. The molecule has 16 heavy (non-hydrogen) atoms. The first-order chi connectivity index (χ1) is 7.70. The quantitative estimate of drug-likeness (QED) is 0.605. The van der Waals surface area contributed by atoms with E-state index in [1.165, 1.54) is 0 Å². The monoisotopic (exact) mass is 296 g/mol. The van der Waals surface area contributed by atoms with E-state index in [1.807, 2.05) is 36.4 Å². The highest BCUT2D eigenvalue weighted by Gasteiger charge is 2.05. The molecule has 2 aromatic rings. The van der Waals surface area contributed by atoms with Crippen LogP contribution >= 0.6 is 27.5 Å². The van der Waals surface area contributed by atoms with E-state index in [0.717, 1.165) is 20.8 Å². The minimum atomic E-state index is 0.0943. The number of Topliss-reactive ketones (excluding diaryl/α,β-unsaturated/α-hetero) is 1.